The first-order chi connectivity index (χ1) is 8.24. The van der Waals surface area contributed by atoms with Gasteiger partial charge >= 0.3 is 0 Å². The Morgan fingerprint density at radius 3 is 2.82 bits per heavy atom. The molecule has 3 nitrogen and oxygen atoms in total. The predicted octanol–water partition coefficient (Wildman–Crippen LogP) is 3.09. The minimum atomic E-state index is 0.320. The van der Waals surface area contributed by atoms with Crippen LogP contribution in [0.15, 0.2) is 35.8 Å². The van der Waals surface area contributed by atoms with Crippen LogP contribution in [0, 0.1) is 0 Å². The van der Waals surface area contributed by atoms with E-state index in [4.69, 9.17) is 18.0 Å². The van der Waals surface area contributed by atoms with Crippen molar-refractivity contribution >= 4 is 39.5 Å². The third-order valence-corrected chi connectivity index (χ3v) is 3.38. The van der Waals surface area contributed by atoms with Crippen LogP contribution in [0.25, 0.3) is 0 Å². The summed E-state index contributed by atoms with van der Waals surface area (Å²) in [6.07, 6.45) is 2.68. The number of hydrogen-bond acceptors (Lipinski definition) is 3. The molecule has 2 rings (SSSR count). The third-order valence-electron chi connectivity index (χ3n) is 2.44. The second-order valence-corrected chi connectivity index (χ2v) is 4.76. The Balaban J connectivity index is 2.50. The van der Waals surface area contributed by atoms with E-state index in [1.807, 2.05) is 28.5 Å². The number of rotatable bonds is 3. The molecule has 5 heteroatoms. The van der Waals surface area contributed by atoms with Crippen LogP contribution in [0.4, 0.5) is 10.8 Å². The molecule has 0 saturated carbocycles. The second-order valence-electron chi connectivity index (χ2n) is 3.47. The molecule has 0 amide bonds. The topological polar surface area (TPSA) is 42.1 Å². The second kappa shape index (κ2) is 5.25. The molecule has 2 N–H and O–H groups in total. The van der Waals surface area contributed by atoms with Crippen LogP contribution in [0.5, 0.6) is 0 Å². The fourth-order valence-corrected chi connectivity index (χ4v) is 2.58. The number of nitrogens with two attached hydrogens (primary N) is 1. The van der Waals surface area contributed by atoms with Crippen molar-refractivity contribution in [2.24, 2.45) is 5.73 Å². The molecule has 0 unspecified atom stereocenters. The number of para-hydroxylation sites is 1. The summed E-state index contributed by atoms with van der Waals surface area (Å²) in [6, 6.07) is 8.09. The SMILES string of the molecule is CCc1ccccc1N(C(N)=S)c1nccs1. The van der Waals surface area contributed by atoms with E-state index in [1.54, 1.807) is 6.20 Å². The molecule has 0 aliphatic heterocycles. The Hall–Kier alpha value is -1.46. The molecule has 0 atom stereocenters. The normalized spacial score (nSPS) is 10.2. The van der Waals surface area contributed by atoms with E-state index in [1.165, 1.54) is 16.9 Å². The fraction of sp³-hybridized carbons (Fsp3) is 0.167. The Kier molecular flexibility index (Phi) is 3.71. The highest BCUT2D eigenvalue weighted by molar-refractivity contribution is 7.80. The smallest absolute Gasteiger partial charge is 0.196 e. The molecule has 1 aromatic carbocycles. The zero-order chi connectivity index (χ0) is 12.3. The van der Waals surface area contributed by atoms with Crippen molar-refractivity contribution < 1.29 is 0 Å². The van der Waals surface area contributed by atoms with Gasteiger partial charge in [0.25, 0.3) is 0 Å². The van der Waals surface area contributed by atoms with E-state index in [9.17, 15) is 0 Å². The molecule has 88 valence electrons. The minimum absolute atomic E-state index is 0.320. The maximum atomic E-state index is 5.81. The molecule has 0 bridgehead atoms. The van der Waals surface area contributed by atoms with E-state index < -0.39 is 0 Å². The summed E-state index contributed by atoms with van der Waals surface area (Å²) in [5, 5.41) is 3.04. The van der Waals surface area contributed by atoms with Gasteiger partial charge in [-0.15, -0.1) is 11.3 Å². The zero-order valence-corrected chi connectivity index (χ0v) is 11.1. The molecule has 0 spiro atoms. The number of thiocarbonyl (C=S) groups is 1. The molecular weight excluding hydrogens is 250 g/mol. The number of thiazole rings is 1. The maximum absolute atomic E-state index is 5.81. The van der Waals surface area contributed by atoms with Crippen LogP contribution in [-0.2, 0) is 6.42 Å². The summed E-state index contributed by atoms with van der Waals surface area (Å²) in [5.74, 6) is 0. The van der Waals surface area contributed by atoms with Gasteiger partial charge < -0.3 is 5.73 Å². The first-order valence-electron chi connectivity index (χ1n) is 5.31. The molecule has 0 saturated heterocycles. The largest absolute Gasteiger partial charge is 0.376 e. The van der Waals surface area contributed by atoms with E-state index in [-0.39, 0.29) is 0 Å². The van der Waals surface area contributed by atoms with Crippen molar-refractivity contribution in [3.63, 3.8) is 0 Å². The molecule has 1 heterocycles. The van der Waals surface area contributed by atoms with Crippen LogP contribution >= 0.6 is 23.6 Å². The van der Waals surface area contributed by atoms with Gasteiger partial charge in [0.2, 0.25) is 0 Å². The van der Waals surface area contributed by atoms with Gasteiger partial charge in [-0.25, -0.2) is 4.98 Å². The van der Waals surface area contributed by atoms with Crippen molar-refractivity contribution in [2.75, 3.05) is 4.90 Å². The highest BCUT2D eigenvalue weighted by atomic mass is 32.1. The van der Waals surface area contributed by atoms with E-state index in [2.05, 4.69) is 18.0 Å². The molecule has 1 aromatic heterocycles. The van der Waals surface area contributed by atoms with Crippen molar-refractivity contribution in [3.05, 3.63) is 41.4 Å². The van der Waals surface area contributed by atoms with Crippen molar-refractivity contribution in [2.45, 2.75) is 13.3 Å². The number of anilines is 2. The van der Waals surface area contributed by atoms with Crippen LogP contribution < -0.4 is 10.6 Å². The van der Waals surface area contributed by atoms with Gasteiger partial charge in [-0.2, -0.15) is 0 Å². The lowest BCUT2D eigenvalue weighted by molar-refractivity contribution is 1.12. The lowest BCUT2D eigenvalue weighted by Gasteiger charge is -2.22. The summed E-state index contributed by atoms with van der Waals surface area (Å²) < 4.78 is 0. The number of aromatic nitrogens is 1. The Bertz CT molecular complexity index is 508. The summed E-state index contributed by atoms with van der Waals surface area (Å²) in [4.78, 5) is 6.08. The van der Waals surface area contributed by atoms with Crippen LogP contribution in [0.3, 0.4) is 0 Å². The van der Waals surface area contributed by atoms with Gasteiger partial charge in [0.1, 0.15) is 0 Å². The Morgan fingerprint density at radius 1 is 1.47 bits per heavy atom. The fourth-order valence-electron chi connectivity index (χ4n) is 1.67. The number of benzene rings is 1. The lowest BCUT2D eigenvalue weighted by atomic mass is 10.1. The molecule has 0 fully saturated rings. The monoisotopic (exact) mass is 263 g/mol. The third kappa shape index (κ3) is 2.45. The highest BCUT2D eigenvalue weighted by Gasteiger charge is 2.16. The molecule has 0 radical (unpaired) electrons. The van der Waals surface area contributed by atoms with Crippen LogP contribution in [0.1, 0.15) is 12.5 Å². The molecule has 0 aliphatic carbocycles. The zero-order valence-electron chi connectivity index (χ0n) is 9.46. The average molecular weight is 263 g/mol. The van der Waals surface area contributed by atoms with Gasteiger partial charge in [-0.1, -0.05) is 25.1 Å². The van der Waals surface area contributed by atoms with Crippen molar-refractivity contribution in [3.8, 4) is 0 Å². The minimum Gasteiger partial charge on any atom is -0.376 e. The summed E-state index contributed by atoms with van der Waals surface area (Å²) in [6.45, 7) is 2.11. The summed E-state index contributed by atoms with van der Waals surface area (Å²) >= 11 is 6.65. The van der Waals surface area contributed by atoms with Gasteiger partial charge in [-0.3, -0.25) is 4.90 Å². The lowest BCUT2D eigenvalue weighted by Crippen LogP contribution is -2.31. The van der Waals surface area contributed by atoms with Crippen molar-refractivity contribution in [1.82, 2.24) is 4.98 Å². The van der Waals surface area contributed by atoms with Gasteiger partial charge in [0.05, 0.1) is 5.69 Å². The first-order valence-corrected chi connectivity index (χ1v) is 6.59. The van der Waals surface area contributed by atoms with Crippen LogP contribution in [0.2, 0.25) is 0 Å². The molecule has 17 heavy (non-hydrogen) atoms. The Morgan fingerprint density at radius 2 is 2.24 bits per heavy atom. The summed E-state index contributed by atoms with van der Waals surface area (Å²) in [7, 11) is 0. The van der Waals surface area contributed by atoms with Crippen molar-refractivity contribution in [1.29, 1.82) is 0 Å². The first kappa shape index (κ1) is 12.0. The van der Waals surface area contributed by atoms with Crippen LogP contribution in [-0.4, -0.2) is 10.1 Å². The van der Waals surface area contributed by atoms with E-state index in [0.29, 0.717) is 5.11 Å². The quantitative estimate of drug-likeness (QED) is 0.864. The highest BCUT2D eigenvalue weighted by Crippen LogP contribution is 2.30. The van der Waals surface area contributed by atoms with E-state index >= 15 is 0 Å². The molecule has 0 aliphatic rings. The average Bonchev–Trinajstić information content (AvgIpc) is 2.83. The Labute approximate surface area is 110 Å². The number of hydrogen-bond donors (Lipinski definition) is 1. The molecule has 2 aromatic rings. The summed E-state index contributed by atoms with van der Waals surface area (Å²) in [5.41, 5.74) is 8.02. The number of aryl methyl sites for hydroxylation is 1. The van der Waals surface area contributed by atoms with Gasteiger partial charge in [0, 0.05) is 11.6 Å². The van der Waals surface area contributed by atoms with Gasteiger partial charge in [-0.05, 0) is 30.3 Å². The standard InChI is InChI=1S/C12H13N3S2/c1-2-9-5-3-4-6-10(9)15(11(13)16)12-14-7-8-17-12/h3-8H,2H2,1H3,(H2,13,16). The predicted molar refractivity (Wildman–Crippen MR) is 76.9 cm³/mol. The number of nitrogens with zero attached hydrogens (tertiary/aromatic N) is 2. The van der Waals surface area contributed by atoms with Gasteiger partial charge in [0.15, 0.2) is 10.2 Å². The maximum Gasteiger partial charge on any atom is 0.196 e. The van der Waals surface area contributed by atoms with E-state index in [0.717, 1.165) is 17.2 Å². The molecular formula is C12H13N3S2.